The van der Waals surface area contributed by atoms with E-state index < -0.39 is 66.5 Å². The zero-order valence-electron chi connectivity index (χ0n) is 28.6. The standard InChI is InChI=1S/C35H46N6O10S/c1-2-16-48-35(47)41-28-30(44)29(43)26(51-32(28)52-17-8-14-27(36)42)19-49-31(45)25(13-7-15-39-33(37)38)40-34(46)50-18-24-22-11-5-3-9-20(22)21-10-4-6-12-23(21)24/h2-6,9-12,24-26,28-30,32,43-44H,1,7-8,13-19H2,(H2,36,42)(H,40,46)(H,41,47)(H4,37,38,39)/t25-,26+,28+,29-,30+,32+/m0/s1. The minimum atomic E-state index is -1.60. The summed E-state index contributed by atoms with van der Waals surface area (Å²) in [6.45, 7) is 3.06. The molecule has 1 aliphatic heterocycles. The molecule has 0 aromatic heterocycles. The number of aliphatic hydroxyl groups is 2. The molecule has 0 saturated carbocycles. The number of nitrogens with one attached hydrogen (secondary N) is 2. The van der Waals surface area contributed by atoms with E-state index in [9.17, 15) is 29.4 Å². The molecule has 6 atom stereocenters. The van der Waals surface area contributed by atoms with Crippen LogP contribution < -0.4 is 27.8 Å². The van der Waals surface area contributed by atoms with Crippen LogP contribution in [0, 0.1) is 0 Å². The van der Waals surface area contributed by atoms with Gasteiger partial charge in [-0.05, 0) is 47.3 Å². The Morgan fingerprint density at radius 1 is 0.923 bits per heavy atom. The molecule has 17 heteroatoms. The van der Waals surface area contributed by atoms with E-state index in [0.717, 1.165) is 34.0 Å². The summed E-state index contributed by atoms with van der Waals surface area (Å²) in [6, 6.07) is 13.4. The van der Waals surface area contributed by atoms with Crippen LogP contribution in [0.25, 0.3) is 11.1 Å². The van der Waals surface area contributed by atoms with E-state index in [1.165, 1.54) is 6.08 Å². The number of fused-ring (bicyclic) bond motifs is 3. The molecule has 4 rings (SSSR count). The Kier molecular flexibility index (Phi) is 15.1. The van der Waals surface area contributed by atoms with Crippen molar-refractivity contribution in [2.75, 3.05) is 32.1 Å². The fourth-order valence-corrected chi connectivity index (χ4v) is 7.12. The van der Waals surface area contributed by atoms with Crippen molar-refractivity contribution in [3.8, 4) is 11.1 Å². The summed E-state index contributed by atoms with van der Waals surface area (Å²) in [4.78, 5) is 53.9. The minimum Gasteiger partial charge on any atom is -0.461 e. The predicted octanol–water partition coefficient (Wildman–Crippen LogP) is 1.22. The van der Waals surface area contributed by atoms with Crippen LogP contribution in [0.4, 0.5) is 9.59 Å². The highest BCUT2D eigenvalue weighted by molar-refractivity contribution is 7.99. The molecule has 0 unspecified atom stereocenters. The molecule has 1 aliphatic carbocycles. The minimum absolute atomic E-state index is 0.0183. The number of nitrogens with two attached hydrogens (primary N) is 3. The molecule has 1 fully saturated rings. The van der Waals surface area contributed by atoms with Gasteiger partial charge >= 0.3 is 18.2 Å². The topological polar surface area (TPSA) is 260 Å². The molecular weight excluding hydrogens is 696 g/mol. The van der Waals surface area contributed by atoms with Gasteiger partial charge in [-0.1, -0.05) is 61.2 Å². The number of thioether (sulfide) groups is 1. The molecule has 2 aromatic rings. The van der Waals surface area contributed by atoms with E-state index in [2.05, 4.69) is 22.2 Å². The predicted molar refractivity (Wildman–Crippen MR) is 193 cm³/mol. The maximum absolute atomic E-state index is 13.4. The highest BCUT2D eigenvalue weighted by atomic mass is 32.2. The summed E-state index contributed by atoms with van der Waals surface area (Å²) in [6.07, 6.45) is -3.90. The lowest BCUT2D eigenvalue weighted by Gasteiger charge is -2.42. The fourth-order valence-electron chi connectivity index (χ4n) is 5.92. The number of aliphatic imine (C=N–C) groups is 1. The summed E-state index contributed by atoms with van der Waals surface area (Å²) >= 11 is 1.16. The lowest BCUT2D eigenvalue weighted by Crippen LogP contribution is -2.63. The number of rotatable bonds is 18. The lowest BCUT2D eigenvalue weighted by atomic mass is 9.98. The molecule has 52 heavy (non-hydrogen) atoms. The van der Waals surface area contributed by atoms with Crippen LogP contribution in [0.3, 0.4) is 0 Å². The number of carbonyl (C=O) groups is 4. The Morgan fingerprint density at radius 2 is 1.60 bits per heavy atom. The number of nitrogens with zero attached hydrogens (tertiary/aromatic N) is 1. The van der Waals surface area contributed by atoms with Gasteiger partial charge in [-0.2, -0.15) is 0 Å². The molecule has 2 aliphatic rings. The summed E-state index contributed by atoms with van der Waals surface area (Å²) in [5.41, 5.74) is 19.3. The Bertz CT molecular complexity index is 1550. The first-order valence-electron chi connectivity index (χ1n) is 16.8. The summed E-state index contributed by atoms with van der Waals surface area (Å²) in [5.74, 6) is -1.33. The first-order chi connectivity index (χ1) is 25.0. The van der Waals surface area contributed by atoms with Gasteiger partial charge in [0.15, 0.2) is 5.96 Å². The van der Waals surface area contributed by atoms with E-state index in [0.29, 0.717) is 18.6 Å². The molecule has 0 bridgehead atoms. The number of primary amides is 1. The van der Waals surface area contributed by atoms with Gasteiger partial charge in [-0.15, -0.1) is 11.8 Å². The quantitative estimate of drug-likeness (QED) is 0.0283. The van der Waals surface area contributed by atoms with E-state index >= 15 is 0 Å². The second-order valence-corrected chi connectivity index (χ2v) is 13.3. The van der Waals surface area contributed by atoms with Crippen molar-refractivity contribution < 1.29 is 48.3 Å². The first kappa shape index (κ1) is 39.9. The Balaban J connectivity index is 1.40. The average Bonchev–Trinajstić information content (AvgIpc) is 3.44. The maximum atomic E-state index is 13.4. The van der Waals surface area contributed by atoms with Gasteiger partial charge in [0.05, 0.1) is 6.04 Å². The molecule has 1 heterocycles. The lowest BCUT2D eigenvalue weighted by molar-refractivity contribution is -0.183. The number of benzene rings is 2. The number of amides is 3. The van der Waals surface area contributed by atoms with Gasteiger partial charge in [0.1, 0.15) is 49.6 Å². The SMILES string of the molecule is C=CCOC(=O)N[C@@H]1[C@@H](O)[C@@H](O)[C@@H](COC(=O)[C@H](CCCN=C(N)N)NC(=O)OCC2c3ccccc3-c3ccccc32)O[C@@H]1SCCCC(N)=O. The average molecular weight is 743 g/mol. The second kappa shape index (κ2) is 19.7. The van der Waals surface area contributed by atoms with E-state index in [1.807, 2.05) is 48.5 Å². The summed E-state index contributed by atoms with van der Waals surface area (Å²) in [5, 5.41) is 27.0. The molecular formula is C35H46N6O10S. The number of esters is 1. The fraction of sp³-hybridized carbons (Fsp3) is 0.457. The molecule has 1 saturated heterocycles. The highest BCUT2D eigenvalue weighted by Crippen LogP contribution is 2.44. The first-order valence-corrected chi connectivity index (χ1v) is 17.8. The number of hydrogen-bond acceptors (Lipinski definition) is 12. The zero-order valence-corrected chi connectivity index (χ0v) is 29.4. The van der Waals surface area contributed by atoms with Crippen molar-refractivity contribution in [1.29, 1.82) is 0 Å². The number of carbonyl (C=O) groups excluding carboxylic acids is 4. The number of ether oxygens (including phenoxy) is 4. The molecule has 0 spiro atoms. The Hall–Kier alpha value is -4.84. The van der Waals surface area contributed by atoms with Gasteiger partial charge in [0, 0.05) is 18.9 Å². The summed E-state index contributed by atoms with van der Waals surface area (Å²) in [7, 11) is 0. The van der Waals surface area contributed by atoms with Crippen molar-refractivity contribution in [2.24, 2.45) is 22.2 Å². The number of alkyl carbamates (subject to hydrolysis) is 2. The van der Waals surface area contributed by atoms with Gasteiger partial charge in [0.2, 0.25) is 5.91 Å². The maximum Gasteiger partial charge on any atom is 0.407 e. The van der Waals surface area contributed by atoms with Crippen LogP contribution in [-0.4, -0.2) is 108 Å². The van der Waals surface area contributed by atoms with Crippen molar-refractivity contribution in [1.82, 2.24) is 10.6 Å². The van der Waals surface area contributed by atoms with Crippen LogP contribution >= 0.6 is 11.8 Å². The van der Waals surface area contributed by atoms with Crippen LogP contribution in [0.1, 0.15) is 42.7 Å². The van der Waals surface area contributed by atoms with E-state index in [4.69, 9.17) is 36.1 Å². The van der Waals surface area contributed by atoms with Crippen LogP contribution in [0.2, 0.25) is 0 Å². The smallest absolute Gasteiger partial charge is 0.407 e. The van der Waals surface area contributed by atoms with Crippen molar-refractivity contribution >= 4 is 41.8 Å². The normalized spacial score (nSPS) is 21.1. The summed E-state index contributed by atoms with van der Waals surface area (Å²) < 4.78 is 22.1. The third-order valence-corrected chi connectivity index (χ3v) is 9.68. The van der Waals surface area contributed by atoms with E-state index in [-0.39, 0.29) is 44.5 Å². The van der Waals surface area contributed by atoms with Gasteiger partial charge < -0.3 is 57.0 Å². The van der Waals surface area contributed by atoms with Crippen LogP contribution in [0.5, 0.6) is 0 Å². The Morgan fingerprint density at radius 3 is 2.23 bits per heavy atom. The van der Waals surface area contributed by atoms with Crippen molar-refractivity contribution in [3.05, 3.63) is 72.3 Å². The second-order valence-electron chi connectivity index (χ2n) is 12.1. The largest absolute Gasteiger partial charge is 0.461 e. The molecule has 16 nitrogen and oxygen atoms in total. The molecule has 0 radical (unpaired) electrons. The third kappa shape index (κ3) is 11.1. The number of guanidine groups is 1. The monoisotopic (exact) mass is 742 g/mol. The van der Waals surface area contributed by atoms with E-state index in [1.54, 1.807) is 0 Å². The van der Waals surface area contributed by atoms with Crippen molar-refractivity contribution in [3.63, 3.8) is 0 Å². The number of hydrogen-bond donors (Lipinski definition) is 7. The van der Waals surface area contributed by atoms with Gasteiger partial charge in [-0.3, -0.25) is 9.79 Å². The highest BCUT2D eigenvalue weighted by Gasteiger charge is 2.46. The van der Waals surface area contributed by atoms with Crippen LogP contribution in [0.15, 0.2) is 66.2 Å². The molecule has 10 N–H and O–H groups in total. The van der Waals surface area contributed by atoms with Crippen molar-refractivity contribution in [2.45, 2.75) is 67.4 Å². The molecule has 282 valence electrons. The zero-order chi connectivity index (χ0) is 37.6. The van der Waals surface area contributed by atoms with Crippen LogP contribution in [-0.2, 0) is 28.5 Å². The van der Waals surface area contributed by atoms with Gasteiger partial charge in [0.25, 0.3) is 0 Å². The Labute approximate surface area is 305 Å². The van der Waals surface area contributed by atoms with Gasteiger partial charge in [-0.25, -0.2) is 14.4 Å². The molecule has 2 aromatic carbocycles. The number of aliphatic hydroxyl groups excluding tert-OH is 2. The molecule has 3 amide bonds. The third-order valence-electron chi connectivity index (χ3n) is 8.42.